The molecule has 0 aromatic heterocycles. The highest BCUT2D eigenvalue weighted by Gasteiger charge is 2.42. The van der Waals surface area contributed by atoms with Crippen LogP contribution in [0.1, 0.15) is 26.2 Å². The predicted octanol–water partition coefficient (Wildman–Crippen LogP) is 2.59. The number of hydrogen-bond donors (Lipinski definition) is 0. The van der Waals surface area contributed by atoms with Crippen LogP contribution in [-0.4, -0.2) is 18.6 Å². The monoisotopic (exact) mass is 208 g/mol. The van der Waals surface area contributed by atoms with E-state index in [1.165, 1.54) is 0 Å². The average molecular weight is 208 g/mol. The Hall–Kier alpha value is -1.00. The van der Waals surface area contributed by atoms with Gasteiger partial charge in [0.1, 0.15) is 5.76 Å². The first-order valence-electron chi connectivity index (χ1n) is 4.43. The van der Waals surface area contributed by atoms with Crippen LogP contribution in [0.4, 0.5) is 13.2 Å². The fourth-order valence-electron chi connectivity index (χ4n) is 1.46. The van der Waals surface area contributed by atoms with E-state index in [1.807, 2.05) is 0 Å². The Kier molecular flexibility index (Phi) is 3.18. The summed E-state index contributed by atoms with van der Waals surface area (Å²) < 4.78 is 41.2. The van der Waals surface area contributed by atoms with Gasteiger partial charge in [-0.1, -0.05) is 0 Å². The van der Waals surface area contributed by atoms with E-state index in [2.05, 4.69) is 0 Å². The summed E-state index contributed by atoms with van der Waals surface area (Å²) >= 11 is 0. The Balaban J connectivity index is 2.84. The van der Waals surface area contributed by atoms with Crippen molar-refractivity contribution in [1.29, 1.82) is 0 Å². The first kappa shape index (κ1) is 11.1. The molecule has 0 aliphatic heterocycles. The fourth-order valence-corrected chi connectivity index (χ4v) is 1.46. The van der Waals surface area contributed by atoms with Crippen LogP contribution < -0.4 is 0 Å². The van der Waals surface area contributed by atoms with Crippen molar-refractivity contribution in [3.63, 3.8) is 0 Å². The van der Waals surface area contributed by atoms with Crippen molar-refractivity contribution in [2.75, 3.05) is 6.61 Å². The summed E-state index contributed by atoms with van der Waals surface area (Å²) in [6.45, 7) is 1.98. The third-order valence-corrected chi connectivity index (χ3v) is 2.02. The number of carbonyl (C=O) groups is 1. The van der Waals surface area contributed by atoms with E-state index < -0.39 is 12.0 Å². The molecule has 0 heterocycles. The highest BCUT2D eigenvalue weighted by molar-refractivity contribution is 6.00. The molecular weight excluding hydrogens is 197 g/mol. The van der Waals surface area contributed by atoms with Crippen LogP contribution in [0.15, 0.2) is 11.3 Å². The lowest BCUT2D eigenvalue weighted by Gasteiger charge is -2.09. The van der Waals surface area contributed by atoms with Gasteiger partial charge in [0.25, 0.3) is 5.78 Å². The molecule has 0 saturated heterocycles. The average Bonchev–Trinajstić information content (AvgIpc) is 2.50. The lowest BCUT2D eigenvalue weighted by atomic mass is 10.1. The molecule has 1 rings (SSSR count). The van der Waals surface area contributed by atoms with Crippen molar-refractivity contribution < 1.29 is 22.7 Å². The van der Waals surface area contributed by atoms with Gasteiger partial charge in [-0.15, -0.1) is 0 Å². The molecule has 80 valence electrons. The number of ketones is 1. The number of carbonyl (C=O) groups excluding carboxylic acids is 1. The second kappa shape index (κ2) is 4.02. The van der Waals surface area contributed by atoms with Crippen LogP contribution in [0.5, 0.6) is 0 Å². The molecule has 0 amide bonds. The van der Waals surface area contributed by atoms with Crippen LogP contribution in [0.2, 0.25) is 0 Å². The second-order valence-corrected chi connectivity index (χ2v) is 3.02. The highest BCUT2D eigenvalue weighted by atomic mass is 19.4. The molecule has 0 saturated carbocycles. The molecule has 1 aliphatic carbocycles. The zero-order valence-corrected chi connectivity index (χ0v) is 7.78. The Bertz CT molecular complexity index is 266. The molecule has 0 N–H and O–H groups in total. The maximum absolute atomic E-state index is 12.1. The van der Waals surface area contributed by atoms with Gasteiger partial charge in [0.05, 0.1) is 6.61 Å². The molecule has 0 aromatic carbocycles. The van der Waals surface area contributed by atoms with E-state index in [1.54, 1.807) is 6.92 Å². The molecule has 0 bridgehead atoms. The second-order valence-electron chi connectivity index (χ2n) is 3.02. The SMILES string of the molecule is CCOC1=C(C(=O)C(F)(F)F)CCC1. The van der Waals surface area contributed by atoms with Crippen molar-refractivity contribution in [1.82, 2.24) is 0 Å². The van der Waals surface area contributed by atoms with E-state index >= 15 is 0 Å². The first-order valence-corrected chi connectivity index (χ1v) is 4.43. The fraction of sp³-hybridized carbons (Fsp3) is 0.667. The van der Waals surface area contributed by atoms with Gasteiger partial charge >= 0.3 is 6.18 Å². The Morgan fingerprint density at radius 2 is 2.07 bits per heavy atom. The normalized spacial score (nSPS) is 17.4. The van der Waals surface area contributed by atoms with Crippen LogP contribution in [0, 0.1) is 0 Å². The molecule has 14 heavy (non-hydrogen) atoms. The lowest BCUT2D eigenvalue weighted by molar-refractivity contribution is -0.166. The summed E-state index contributed by atoms with van der Waals surface area (Å²) in [5.74, 6) is -1.53. The van der Waals surface area contributed by atoms with Crippen LogP contribution in [0.25, 0.3) is 0 Å². The van der Waals surface area contributed by atoms with Gasteiger partial charge in [0.2, 0.25) is 0 Å². The first-order chi connectivity index (χ1) is 6.46. The minimum absolute atomic E-state index is 0.174. The van der Waals surface area contributed by atoms with E-state index in [9.17, 15) is 18.0 Å². The molecule has 0 unspecified atom stereocenters. The van der Waals surface area contributed by atoms with Crippen molar-refractivity contribution >= 4 is 5.78 Å². The van der Waals surface area contributed by atoms with Crippen molar-refractivity contribution in [3.05, 3.63) is 11.3 Å². The minimum Gasteiger partial charge on any atom is -0.498 e. The number of allylic oxidation sites excluding steroid dienone is 2. The molecule has 0 spiro atoms. The van der Waals surface area contributed by atoms with Gasteiger partial charge in [0.15, 0.2) is 0 Å². The molecule has 0 radical (unpaired) electrons. The summed E-state index contributed by atoms with van der Waals surface area (Å²) in [4.78, 5) is 10.9. The molecular formula is C9H11F3O2. The van der Waals surface area contributed by atoms with E-state index in [-0.39, 0.29) is 17.8 Å². The third kappa shape index (κ3) is 2.27. The quantitative estimate of drug-likeness (QED) is 0.712. The number of ether oxygens (including phenoxy) is 1. The zero-order valence-electron chi connectivity index (χ0n) is 7.78. The molecule has 1 aliphatic rings. The van der Waals surface area contributed by atoms with Gasteiger partial charge in [-0.3, -0.25) is 4.79 Å². The largest absolute Gasteiger partial charge is 0.498 e. The Morgan fingerprint density at radius 1 is 1.43 bits per heavy atom. The number of hydrogen-bond acceptors (Lipinski definition) is 2. The number of Topliss-reactive ketones (excluding diaryl/α,β-unsaturated/α-hetero) is 1. The predicted molar refractivity (Wildman–Crippen MR) is 43.6 cm³/mol. The Labute approximate surface area is 79.7 Å². The number of alkyl halides is 3. The summed E-state index contributed by atoms with van der Waals surface area (Å²) in [6.07, 6.45) is -3.60. The smallest absolute Gasteiger partial charge is 0.454 e. The summed E-state index contributed by atoms with van der Waals surface area (Å²) in [5.41, 5.74) is -0.195. The lowest BCUT2D eigenvalue weighted by Crippen LogP contribution is -2.24. The molecule has 0 atom stereocenters. The van der Waals surface area contributed by atoms with Gasteiger partial charge < -0.3 is 4.74 Å². The molecule has 5 heteroatoms. The minimum atomic E-state index is -4.78. The Morgan fingerprint density at radius 3 is 2.57 bits per heavy atom. The van der Waals surface area contributed by atoms with Gasteiger partial charge in [-0.25, -0.2) is 0 Å². The van der Waals surface area contributed by atoms with Gasteiger partial charge in [0, 0.05) is 12.0 Å². The van der Waals surface area contributed by atoms with Crippen LogP contribution in [0.3, 0.4) is 0 Å². The summed E-state index contributed by atoms with van der Waals surface area (Å²) in [5, 5.41) is 0. The van der Waals surface area contributed by atoms with Crippen molar-refractivity contribution in [2.45, 2.75) is 32.4 Å². The molecule has 0 aromatic rings. The molecule has 0 fully saturated rings. The molecule has 2 nitrogen and oxygen atoms in total. The number of halogens is 3. The number of rotatable bonds is 3. The highest BCUT2D eigenvalue weighted by Crippen LogP contribution is 2.32. The third-order valence-electron chi connectivity index (χ3n) is 2.02. The maximum Gasteiger partial charge on any atom is 0.454 e. The van der Waals surface area contributed by atoms with E-state index in [0.717, 1.165) is 0 Å². The van der Waals surface area contributed by atoms with Gasteiger partial charge in [-0.2, -0.15) is 13.2 Å². The van der Waals surface area contributed by atoms with Crippen LogP contribution in [-0.2, 0) is 9.53 Å². The zero-order chi connectivity index (χ0) is 10.8. The maximum atomic E-state index is 12.1. The van der Waals surface area contributed by atoms with Crippen molar-refractivity contribution in [2.24, 2.45) is 0 Å². The summed E-state index contributed by atoms with van der Waals surface area (Å²) in [7, 11) is 0. The summed E-state index contributed by atoms with van der Waals surface area (Å²) in [6, 6.07) is 0. The van der Waals surface area contributed by atoms with E-state index in [0.29, 0.717) is 19.4 Å². The topological polar surface area (TPSA) is 26.3 Å². The van der Waals surface area contributed by atoms with Crippen molar-refractivity contribution in [3.8, 4) is 0 Å². The van der Waals surface area contributed by atoms with Gasteiger partial charge in [-0.05, 0) is 19.8 Å². The standard InChI is InChI=1S/C9H11F3O2/c1-2-14-7-5-3-4-6(7)8(13)9(10,11)12/h2-5H2,1H3. The van der Waals surface area contributed by atoms with E-state index in [4.69, 9.17) is 4.74 Å². The van der Waals surface area contributed by atoms with Crippen LogP contribution >= 0.6 is 0 Å².